The quantitative estimate of drug-likeness (QED) is 0.826. The summed E-state index contributed by atoms with van der Waals surface area (Å²) in [5.74, 6) is -0.454. The van der Waals surface area contributed by atoms with Gasteiger partial charge in [0.05, 0.1) is 12.0 Å². The molecule has 2 rings (SSSR count). The SMILES string of the molecule is O=C(Cc1ccccc1C(F)(F)F)n1ccnc1. The third kappa shape index (κ3) is 2.58. The standard InChI is InChI=1S/C12H9F3N2O/c13-12(14,15)10-4-2-1-3-9(10)7-11(18)17-6-5-16-8-17/h1-6,8H,7H2. The van der Waals surface area contributed by atoms with E-state index < -0.39 is 17.6 Å². The van der Waals surface area contributed by atoms with Crippen molar-refractivity contribution in [1.82, 2.24) is 9.55 Å². The fraction of sp³-hybridized carbons (Fsp3) is 0.167. The summed E-state index contributed by atoms with van der Waals surface area (Å²) in [4.78, 5) is 15.4. The summed E-state index contributed by atoms with van der Waals surface area (Å²) in [7, 11) is 0. The molecule has 1 aromatic heterocycles. The Bertz CT molecular complexity index is 547. The Morgan fingerprint density at radius 3 is 2.61 bits per heavy atom. The van der Waals surface area contributed by atoms with E-state index in [-0.39, 0.29) is 12.0 Å². The molecule has 0 aliphatic heterocycles. The van der Waals surface area contributed by atoms with E-state index in [0.29, 0.717) is 0 Å². The van der Waals surface area contributed by atoms with E-state index in [2.05, 4.69) is 4.98 Å². The Morgan fingerprint density at radius 2 is 2.00 bits per heavy atom. The predicted octanol–water partition coefficient (Wildman–Crippen LogP) is 2.78. The van der Waals surface area contributed by atoms with Crippen LogP contribution in [0, 0.1) is 0 Å². The minimum Gasteiger partial charge on any atom is -0.276 e. The lowest BCUT2D eigenvalue weighted by Gasteiger charge is -2.11. The van der Waals surface area contributed by atoms with Gasteiger partial charge in [-0.1, -0.05) is 18.2 Å². The predicted molar refractivity (Wildman–Crippen MR) is 58.0 cm³/mol. The highest BCUT2D eigenvalue weighted by Gasteiger charge is 2.33. The fourth-order valence-corrected chi connectivity index (χ4v) is 1.61. The summed E-state index contributed by atoms with van der Waals surface area (Å²) in [6.07, 6.45) is -0.706. The second-order valence-electron chi connectivity index (χ2n) is 3.70. The summed E-state index contributed by atoms with van der Waals surface area (Å²) in [6, 6.07) is 5.05. The molecule has 94 valence electrons. The van der Waals surface area contributed by atoms with Gasteiger partial charge in [-0.15, -0.1) is 0 Å². The molecule has 0 saturated heterocycles. The number of hydrogen-bond acceptors (Lipinski definition) is 2. The van der Waals surface area contributed by atoms with Gasteiger partial charge in [-0.05, 0) is 11.6 Å². The zero-order chi connectivity index (χ0) is 13.2. The molecule has 6 heteroatoms. The first-order valence-electron chi connectivity index (χ1n) is 5.15. The molecule has 18 heavy (non-hydrogen) atoms. The van der Waals surface area contributed by atoms with Crippen molar-refractivity contribution < 1.29 is 18.0 Å². The average Bonchev–Trinajstić information content (AvgIpc) is 2.81. The third-order valence-electron chi connectivity index (χ3n) is 2.46. The molecule has 0 N–H and O–H groups in total. The van der Waals surface area contributed by atoms with E-state index in [0.717, 1.165) is 10.6 Å². The van der Waals surface area contributed by atoms with Gasteiger partial charge in [0, 0.05) is 12.4 Å². The summed E-state index contributed by atoms with van der Waals surface area (Å²) < 4.78 is 39.3. The van der Waals surface area contributed by atoms with Gasteiger partial charge in [-0.3, -0.25) is 9.36 Å². The first-order chi connectivity index (χ1) is 8.48. The molecule has 0 spiro atoms. The number of alkyl halides is 3. The Balaban J connectivity index is 2.27. The van der Waals surface area contributed by atoms with E-state index in [1.54, 1.807) is 0 Å². The number of halogens is 3. The molecule has 0 fully saturated rings. The van der Waals surface area contributed by atoms with Crippen molar-refractivity contribution >= 4 is 5.91 Å². The normalized spacial score (nSPS) is 11.5. The van der Waals surface area contributed by atoms with Crippen LogP contribution in [-0.4, -0.2) is 15.5 Å². The monoisotopic (exact) mass is 254 g/mol. The molecule has 0 radical (unpaired) electrons. The van der Waals surface area contributed by atoms with Gasteiger partial charge < -0.3 is 0 Å². The average molecular weight is 254 g/mol. The number of carbonyl (C=O) groups excluding carboxylic acids is 1. The van der Waals surface area contributed by atoms with Crippen molar-refractivity contribution in [1.29, 1.82) is 0 Å². The number of hydrogen-bond donors (Lipinski definition) is 0. The number of carbonyl (C=O) groups is 1. The summed E-state index contributed by atoms with van der Waals surface area (Å²) >= 11 is 0. The fourth-order valence-electron chi connectivity index (χ4n) is 1.61. The Labute approximate surface area is 101 Å². The van der Waals surface area contributed by atoms with Crippen molar-refractivity contribution in [3.63, 3.8) is 0 Å². The highest BCUT2D eigenvalue weighted by Crippen LogP contribution is 2.32. The number of nitrogens with zero attached hydrogens (tertiary/aromatic N) is 2. The van der Waals surface area contributed by atoms with Crippen LogP contribution in [0.25, 0.3) is 0 Å². The van der Waals surface area contributed by atoms with Crippen LogP contribution in [-0.2, 0) is 12.6 Å². The molecule has 0 bridgehead atoms. The van der Waals surface area contributed by atoms with E-state index >= 15 is 0 Å². The maximum Gasteiger partial charge on any atom is 0.416 e. The molecule has 0 atom stereocenters. The third-order valence-corrected chi connectivity index (χ3v) is 2.46. The Kier molecular flexibility index (Phi) is 3.18. The van der Waals surface area contributed by atoms with Crippen LogP contribution >= 0.6 is 0 Å². The largest absolute Gasteiger partial charge is 0.416 e. The lowest BCUT2D eigenvalue weighted by atomic mass is 10.0. The number of rotatable bonds is 2. The molecule has 2 aromatic rings. The molecule has 1 heterocycles. The van der Waals surface area contributed by atoms with E-state index in [9.17, 15) is 18.0 Å². The lowest BCUT2D eigenvalue weighted by Crippen LogP contribution is -2.16. The van der Waals surface area contributed by atoms with Gasteiger partial charge >= 0.3 is 6.18 Å². The van der Waals surface area contributed by atoms with Crippen LogP contribution < -0.4 is 0 Å². The number of benzene rings is 1. The Morgan fingerprint density at radius 1 is 1.28 bits per heavy atom. The molecule has 0 saturated carbocycles. The van der Waals surface area contributed by atoms with Crippen molar-refractivity contribution in [2.45, 2.75) is 12.6 Å². The van der Waals surface area contributed by atoms with Crippen LogP contribution in [0.5, 0.6) is 0 Å². The second kappa shape index (κ2) is 4.64. The first kappa shape index (κ1) is 12.3. The summed E-state index contributed by atoms with van der Waals surface area (Å²) in [5, 5.41) is 0. The minimum atomic E-state index is -4.45. The highest BCUT2D eigenvalue weighted by molar-refractivity contribution is 5.81. The molecule has 0 amide bonds. The minimum absolute atomic E-state index is 0.0382. The highest BCUT2D eigenvalue weighted by atomic mass is 19.4. The number of imidazole rings is 1. The summed E-state index contributed by atoms with van der Waals surface area (Å²) in [6.45, 7) is 0. The van der Waals surface area contributed by atoms with Crippen molar-refractivity contribution in [2.24, 2.45) is 0 Å². The van der Waals surface area contributed by atoms with Crippen LogP contribution in [0.3, 0.4) is 0 Å². The van der Waals surface area contributed by atoms with Crippen LogP contribution in [0.4, 0.5) is 13.2 Å². The summed E-state index contributed by atoms with van der Waals surface area (Å²) in [5.41, 5.74) is -0.817. The van der Waals surface area contributed by atoms with Gasteiger partial charge in [0.25, 0.3) is 0 Å². The van der Waals surface area contributed by atoms with Crippen LogP contribution in [0.2, 0.25) is 0 Å². The molecule has 0 aliphatic rings. The maximum absolute atomic E-state index is 12.7. The van der Waals surface area contributed by atoms with E-state index in [1.165, 1.54) is 36.9 Å². The maximum atomic E-state index is 12.7. The smallest absolute Gasteiger partial charge is 0.276 e. The van der Waals surface area contributed by atoms with Gasteiger partial charge in [0.2, 0.25) is 5.91 Å². The first-order valence-corrected chi connectivity index (χ1v) is 5.15. The molecule has 0 unspecified atom stereocenters. The van der Waals surface area contributed by atoms with Gasteiger partial charge in [0.15, 0.2) is 0 Å². The van der Waals surface area contributed by atoms with Crippen LogP contribution in [0.15, 0.2) is 43.0 Å². The Hall–Kier alpha value is -2.11. The second-order valence-corrected chi connectivity index (χ2v) is 3.70. The van der Waals surface area contributed by atoms with Gasteiger partial charge in [-0.25, -0.2) is 4.98 Å². The molecule has 3 nitrogen and oxygen atoms in total. The van der Waals surface area contributed by atoms with E-state index in [4.69, 9.17) is 0 Å². The number of aromatic nitrogens is 2. The van der Waals surface area contributed by atoms with Crippen molar-refractivity contribution in [3.05, 3.63) is 54.1 Å². The molecular formula is C12H9F3N2O. The van der Waals surface area contributed by atoms with E-state index in [1.807, 2.05) is 0 Å². The lowest BCUT2D eigenvalue weighted by molar-refractivity contribution is -0.138. The van der Waals surface area contributed by atoms with Crippen LogP contribution in [0.1, 0.15) is 15.9 Å². The van der Waals surface area contributed by atoms with Crippen molar-refractivity contribution in [2.75, 3.05) is 0 Å². The topological polar surface area (TPSA) is 34.9 Å². The van der Waals surface area contributed by atoms with Gasteiger partial charge in [0.1, 0.15) is 6.33 Å². The molecule has 0 aliphatic carbocycles. The van der Waals surface area contributed by atoms with Crippen molar-refractivity contribution in [3.8, 4) is 0 Å². The molecular weight excluding hydrogens is 245 g/mol. The molecule has 1 aromatic carbocycles. The van der Waals surface area contributed by atoms with Gasteiger partial charge in [-0.2, -0.15) is 13.2 Å². The zero-order valence-corrected chi connectivity index (χ0v) is 9.19. The zero-order valence-electron chi connectivity index (χ0n) is 9.19.